The van der Waals surface area contributed by atoms with Gasteiger partial charge in [0.05, 0.1) is 6.61 Å². The molecular weight excluding hydrogens is 182 g/mol. The van der Waals surface area contributed by atoms with E-state index in [9.17, 15) is 4.79 Å². The van der Waals surface area contributed by atoms with E-state index < -0.39 is 0 Å². The van der Waals surface area contributed by atoms with Gasteiger partial charge in [-0.05, 0) is 31.2 Å². The Balaban J connectivity index is 2.77. The van der Waals surface area contributed by atoms with E-state index in [0.717, 1.165) is 6.21 Å². The highest BCUT2D eigenvalue weighted by Gasteiger charge is 2.02. The van der Waals surface area contributed by atoms with Gasteiger partial charge in [0.1, 0.15) is 12.0 Å². The van der Waals surface area contributed by atoms with E-state index in [-0.39, 0.29) is 5.78 Å². The van der Waals surface area contributed by atoms with Gasteiger partial charge in [0.2, 0.25) is 5.78 Å². The lowest BCUT2D eigenvalue weighted by Gasteiger charge is -2.02. The highest BCUT2D eigenvalue weighted by atomic mass is 16.5. The van der Waals surface area contributed by atoms with E-state index in [4.69, 9.17) is 9.94 Å². The number of carbonyl (C=O) groups excluding carboxylic acids is 1. The zero-order chi connectivity index (χ0) is 10.4. The summed E-state index contributed by atoms with van der Waals surface area (Å²) in [5, 5.41) is 10.8. The van der Waals surface area contributed by atoms with Crippen LogP contribution in [0, 0.1) is 0 Å². The lowest BCUT2D eigenvalue weighted by molar-refractivity contribution is 0.106. The predicted molar refractivity (Wildman–Crippen MR) is 52.2 cm³/mol. The summed E-state index contributed by atoms with van der Waals surface area (Å²) in [6.45, 7) is 2.48. The van der Waals surface area contributed by atoms with Crippen molar-refractivity contribution in [1.82, 2.24) is 0 Å². The molecule has 1 aromatic carbocycles. The van der Waals surface area contributed by atoms with Crippen LogP contribution in [0.15, 0.2) is 29.4 Å². The van der Waals surface area contributed by atoms with Crippen LogP contribution >= 0.6 is 0 Å². The number of benzene rings is 1. The van der Waals surface area contributed by atoms with E-state index >= 15 is 0 Å². The Hall–Kier alpha value is -1.84. The largest absolute Gasteiger partial charge is 0.494 e. The van der Waals surface area contributed by atoms with Crippen molar-refractivity contribution in [3.8, 4) is 5.75 Å². The van der Waals surface area contributed by atoms with Crippen molar-refractivity contribution in [2.24, 2.45) is 5.16 Å². The van der Waals surface area contributed by atoms with Gasteiger partial charge in [0.15, 0.2) is 0 Å². The quantitative estimate of drug-likeness (QED) is 0.343. The number of carbonyl (C=O) groups is 1. The maximum absolute atomic E-state index is 11.2. The van der Waals surface area contributed by atoms with Crippen LogP contribution < -0.4 is 4.74 Å². The molecule has 4 nitrogen and oxygen atoms in total. The van der Waals surface area contributed by atoms with Crippen LogP contribution in [-0.4, -0.2) is 23.8 Å². The molecule has 0 saturated carbocycles. The molecule has 1 N–H and O–H groups in total. The molecule has 0 aliphatic carbocycles. The Kier molecular flexibility index (Phi) is 3.67. The van der Waals surface area contributed by atoms with Crippen LogP contribution in [-0.2, 0) is 0 Å². The lowest BCUT2D eigenvalue weighted by atomic mass is 10.1. The van der Waals surface area contributed by atoms with Crippen LogP contribution in [0.3, 0.4) is 0 Å². The molecule has 0 aliphatic heterocycles. The Morgan fingerprint density at radius 2 is 2.14 bits per heavy atom. The number of rotatable bonds is 4. The summed E-state index contributed by atoms with van der Waals surface area (Å²) in [5.74, 6) is 0.375. The van der Waals surface area contributed by atoms with Gasteiger partial charge >= 0.3 is 0 Å². The molecular formula is C10H11NO3. The minimum Gasteiger partial charge on any atom is -0.494 e. The second kappa shape index (κ2) is 5.01. The summed E-state index contributed by atoms with van der Waals surface area (Å²) in [4.78, 5) is 11.2. The topological polar surface area (TPSA) is 58.9 Å². The van der Waals surface area contributed by atoms with E-state index in [1.165, 1.54) is 0 Å². The van der Waals surface area contributed by atoms with E-state index in [0.29, 0.717) is 17.9 Å². The van der Waals surface area contributed by atoms with Crippen LogP contribution in [0.1, 0.15) is 17.3 Å². The number of ether oxygens (including phenoxy) is 1. The number of nitrogens with zero attached hydrogens (tertiary/aromatic N) is 1. The summed E-state index contributed by atoms with van der Waals surface area (Å²) >= 11 is 0. The first-order valence-corrected chi connectivity index (χ1v) is 4.22. The van der Waals surface area contributed by atoms with Gasteiger partial charge in [0, 0.05) is 5.56 Å². The molecule has 0 bridgehead atoms. The number of ketones is 1. The molecule has 1 rings (SSSR count). The minimum absolute atomic E-state index is 0.337. The van der Waals surface area contributed by atoms with Crippen molar-refractivity contribution in [3.63, 3.8) is 0 Å². The maximum atomic E-state index is 11.2. The highest BCUT2D eigenvalue weighted by molar-refractivity contribution is 6.35. The number of Topliss-reactive ketones (excluding diaryl/α,β-unsaturated/α-hetero) is 1. The van der Waals surface area contributed by atoms with Gasteiger partial charge < -0.3 is 9.94 Å². The fourth-order valence-electron chi connectivity index (χ4n) is 1.01. The molecule has 0 aromatic heterocycles. The Labute approximate surface area is 81.8 Å². The fraction of sp³-hybridized carbons (Fsp3) is 0.200. The van der Waals surface area contributed by atoms with Gasteiger partial charge in [-0.2, -0.15) is 0 Å². The van der Waals surface area contributed by atoms with Gasteiger partial charge in [-0.15, -0.1) is 0 Å². The maximum Gasteiger partial charge on any atom is 0.207 e. The normalized spacial score (nSPS) is 10.4. The van der Waals surface area contributed by atoms with Gasteiger partial charge in [-0.1, -0.05) is 5.16 Å². The minimum atomic E-state index is -0.337. The molecule has 4 heteroatoms. The number of oxime groups is 1. The molecule has 0 fully saturated rings. The van der Waals surface area contributed by atoms with Crippen molar-refractivity contribution >= 4 is 12.0 Å². The summed E-state index contributed by atoms with van der Waals surface area (Å²) in [6.07, 6.45) is 0.857. The smallest absolute Gasteiger partial charge is 0.207 e. The molecule has 0 unspecified atom stereocenters. The average Bonchev–Trinajstić information content (AvgIpc) is 2.20. The van der Waals surface area contributed by atoms with Gasteiger partial charge in [0.25, 0.3) is 0 Å². The molecule has 14 heavy (non-hydrogen) atoms. The first-order chi connectivity index (χ1) is 6.77. The molecule has 1 aromatic rings. The Bertz CT molecular complexity index is 330. The molecule has 0 heterocycles. The first kappa shape index (κ1) is 10.2. The van der Waals surface area contributed by atoms with Crippen molar-refractivity contribution in [3.05, 3.63) is 29.8 Å². The van der Waals surface area contributed by atoms with Crippen LogP contribution in [0.2, 0.25) is 0 Å². The van der Waals surface area contributed by atoms with E-state index in [1.54, 1.807) is 24.3 Å². The Morgan fingerprint density at radius 1 is 1.50 bits per heavy atom. The summed E-state index contributed by atoms with van der Waals surface area (Å²) in [7, 11) is 0. The van der Waals surface area contributed by atoms with Crippen molar-refractivity contribution in [2.45, 2.75) is 6.92 Å². The molecule has 0 amide bonds. The van der Waals surface area contributed by atoms with Crippen LogP contribution in [0.4, 0.5) is 0 Å². The fourth-order valence-corrected chi connectivity index (χ4v) is 1.01. The standard InChI is InChI=1S/C10H11NO3/c1-2-14-9-5-3-8(4-6-9)10(12)7-11-13/h3-7,13H,2H2,1H3. The molecule has 0 saturated heterocycles. The zero-order valence-electron chi connectivity index (χ0n) is 7.80. The summed E-state index contributed by atoms with van der Waals surface area (Å²) in [6, 6.07) is 6.63. The van der Waals surface area contributed by atoms with Crippen molar-refractivity contribution in [2.75, 3.05) is 6.61 Å². The third-order valence-corrected chi connectivity index (χ3v) is 1.62. The van der Waals surface area contributed by atoms with Gasteiger partial charge in [-0.3, -0.25) is 4.79 Å². The molecule has 74 valence electrons. The van der Waals surface area contributed by atoms with Crippen LogP contribution in [0.25, 0.3) is 0 Å². The molecule has 0 radical (unpaired) electrons. The van der Waals surface area contributed by atoms with Crippen LogP contribution in [0.5, 0.6) is 5.75 Å². The SMILES string of the molecule is CCOc1ccc(C(=O)C=NO)cc1. The summed E-state index contributed by atoms with van der Waals surface area (Å²) < 4.78 is 5.21. The number of hydrogen-bond acceptors (Lipinski definition) is 4. The highest BCUT2D eigenvalue weighted by Crippen LogP contribution is 2.11. The summed E-state index contributed by atoms with van der Waals surface area (Å²) in [5.41, 5.74) is 0.464. The second-order valence-electron chi connectivity index (χ2n) is 2.57. The van der Waals surface area contributed by atoms with Crippen molar-refractivity contribution in [1.29, 1.82) is 0 Å². The second-order valence-corrected chi connectivity index (χ2v) is 2.57. The van der Waals surface area contributed by atoms with E-state index in [2.05, 4.69) is 5.16 Å². The molecule has 0 spiro atoms. The molecule has 0 atom stereocenters. The number of hydrogen-bond donors (Lipinski definition) is 1. The third kappa shape index (κ3) is 2.58. The molecule has 0 aliphatic rings. The third-order valence-electron chi connectivity index (χ3n) is 1.62. The Morgan fingerprint density at radius 3 is 2.64 bits per heavy atom. The monoisotopic (exact) mass is 193 g/mol. The lowest BCUT2D eigenvalue weighted by Crippen LogP contribution is -2.00. The van der Waals surface area contributed by atoms with E-state index in [1.807, 2.05) is 6.92 Å². The predicted octanol–water partition coefficient (Wildman–Crippen LogP) is 1.73. The van der Waals surface area contributed by atoms with Crippen molar-refractivity contribution < 1.29 is 14.7 Å². The van der Waals surface area contributed by atoms with Gasteiger partial charge in [-0.25, -0.2) is 0 Å². The first-order valence-electron chi connectivity index (χ1n) is 4.22. The average molecular weight is 193 g/mol. The zero-order valence-corrected chi connectivity index (χ0v) is 7.80.